The molecule has 33 heavy (non-hydrogen) atoms. The summed E-state index contributed by atoms with van der Waals surface area (Å²) < 4.78 is 7.85. The lowest BCUT2D eigenvalue weighted by Gasteiger charge is -2.24. The van der Waals surface area contributed by atoms with Crippen LogP contribution in [0, 0.1) is 6.92 Å². The molecular weight excluding hydrogens is 440 g/mol. The SMILES string of the molecule is Cc1nc(CN2C[C@@H](OCc3ccccn3)CN(C(=O)CCc3cnn(C)c3)CC2=O)cs1. The molecule has 1 fully saturated rings. The van der Waals surface area contributed by atoms with Crippen molar-refractivity contribution in [3.63, 3.8) is 0 Å². The van der Waals surface area contributed by atoms with Crippen LogP contribution >= 0.6 is 11.3 Å². The highest BCUT2D eigenvalue weighted by atomic mass is 32.1. The zero-order chi connectivity index (χ0) is 23.2. The van der Waals surface area contributed by atoms with E-state index in [-0.39, 0.29) is 24.5 Å². The standard InChI is InChI=1S/C23H28N6O3S/c1-17-26-20(16-33-17)11-28-12-21(32-15-19-5-3-4-8-24-19)13-29(14-23(28)31)22(30)7-6-18-9-25-27(2)10-18/h3-5,8-10,16,21H,6-7,11-15H2,1-2H3/t21-/m1/s1. The summed E-state index contributed by atoms with van der Waals surface area (Å²) in [5.74, 6) is -0.163. The molecule has 1 saturated heterocycles. The molecular formula is C23H28N6O3S. The van der Waals surface area contributed by atoms with Gasteiger partial charge in [-0.25, -0.2) is 4.98 Å². The molecule has 4 heterocycles. The molecule has 0 radical (unpaired) electrons. The molecule has 0 spiro atoms. The van der Waals surface area contributed by atoms with Crippen molar-refractivity contribution in [1.82, 2.24) is 29.5 Å². The number of carbonyl (C=O) groups is 2. The van der Waals surface area contributed by atoms with Gasteiger partial charge in [0, 0.05) is 44.3 Å². The van der Waals surface area contributed by atoms with Crippen molar-refractivity contribution in [1.29, 1.82) is 0 Å². The summed E-state index contributed by atoms with van der Waals surface area (Å²) in [7, 11) is 1.85. The van der Waals surface area contributed by atoms with Crippen molar-refractivity contribution in [2.45, 2.75) is 39.0 Å². The van der Waals surface area contributed by atoms with Crippen molar-refractivity contribution >= 4 is 23.2 Å². The number of nitrogens with zero attached hydrogens (tertiary/aromatic N) is 6. The minimum atomic E-state index is -0.319. The maximum Gasteiger partial charge on any atom is 0.242 e. The van der Waals surface area contributed by atoms with E-state index in [0.717, 1.165) is 22.0 Å². The lowest BCUT2D eigenvalue weighted by atomic mass is 10.2. The fourth-order valence-electron chi connectivity index (χ4n) is 3.80. The first-order chi connectivity index (χ1) is 16.0. The molecule has 0 unspecified atom stereocenters. The summed E-state index contributed by atoms with van der Waals surface area (Å²) >= 11 is 1.56. The molecule has 0 saturated carbocycles. The molecule has 9 nitrogen and oxygen atoms in total. The van der Waals surface area contributed by atoms with E-state index >= 15 is 0 Å². The monoisotopic (exact) mass is 468 g/mol. The number of amides is 2. The first kappa shape index (κ1) is 23.1. The van der Waals surface area contributed by atoms with Crippen LogP contribution in [-0.2, 0) is 40.9 Å². The first-order valence-corrected chi connectivity index (χ1v) is 11.8. The molecule has 0 aliphatic carbocycles. The second-order valence-corrected chi connectivity index (χ2v) is 9.24. The number of hydrogen-bond acceptors (Lipinski definition) is 7. The second kappa shape index (κ2) is 10.7. The average molecular weight is 469 g/mol. The summed E-state index contributed by atoms with van der Waals surface area (Å²) in [6.07, 6.45) is 5.96. The van der Waals surface area contributed by atoms with Crippen LogP contribution in [0.1, 0.15) is 28.4 Å². The third-order valence-electron chi connectivity index (χ3n) is 5.48. The fraction of sp³-hybridized carbons (Fsp3) is 0.435. The van der Waals surface area contributed by atoms with E-state index in [1.807, 2.05) is 43.7 Å². The highest BCUT2D eigenvalue weighted by molar-refractivity contribution is 7.09. The van der Waals surface area contributed by atoms with Gasteiger partial charge in [-0.2, -0.15) is 5.10 Å². The van der Waals surface area contributed by atoms with Crippen molar-refractivity contribution in [2.24, 2.45) is 7.05 Å². The number of aryl methyl sites for hydroxylation is 3. The number of pyridine rings is 1. The fourth-order valence-corrected chi connectivity index (χ4v) is 4.40. The quantitative estimate of drug-likeness (QED) is 0.502. The number of rotatable bonds is 8. The molecule has 4 rings (SSSR count). The van der Waals surface area contributed by atoms with E-state index < -0.39 is 0 Å². The smallest absolute Gasteiger partial charge is 0.242 e. The minimum absolute atomic E-state index is 0.0401. The number of thiazole rings is 1. The van der Waals surface area contributed by atoms with Crippen LogP contribution in [0.3, 0.4) is 0 Å². The van der Waals surface area contributed by atoms with Crippen LogP contribution in [0.2, 0.25) is 0 Å². The van der Waals surface area contributed by atoms with E-state index in [4.69, 9.17) is 4.74 Å². The highest BCUT2D eigenvalue weighted by Crippen LogP contribution is 2.16. The Kier molecular flexibility index (Phi) is 7.46. The highest BCUT2D eigenvalue weighted by Gasteiger charge is 2.31. The molecule has 1 atom stereocenters. The summed E-state index contributed by atoms with van der Waals surface area (Å²) in [5.41, 5.74) is 2.66. The van der Waals surface area contributed by atoms with E-state index in [1.165, 1.54) is 0 Å². The van der Waals surface area contributed by atoms with Gasteiger partial charge in [0.25, 0.3) is 0 Å². The molecule has 3 aromatic rings. The lowest BCUT2D eigenvalue weighted by Crippen LogP contribution is -2.39. The normalized spacial score (nSPS) is 16.8. The first-order valence-electron chi connectivity index (χ1n) is 10.9. The number of aromatic nitrogens is 4. The van der Waals surface area contributed by atoms with Gasteiger partial charge in [0.15, 0.2) is 0 Å². The number of carbonyl (C=O) groups excluding carboxylic acids is 2. The Morgan fingerprint density at radius 1 is 1.27 bits per heavy atom. The Morgan fingerprint density at radius 3 is 2.85 bits per heavy atom. The van der Waals surface area contributed by atoms with Gasteiger partial charge in [0.2, 0.25) is 11.8 Å². The molecule has 10 heteroatoms. The Bertz CT molecular complexity index is 1080. The molecule has 0 aromatic carbocycles. The van der Waals surface area contributed by atoms with Gasteiger partial charge in [-0.15, -0.1) is 11.3 Å². The maximum atomic E-state index is 13.1. The summed E-state index contributed by atoms with van der Waals surface area (Å²) in [6.45, 7) is 3.47. The van der Waals surface area contributed by atoms with E-state index in [9.17, 15) is 9.59 Å². The van der Waals surface area contributed by atoms with Crippen LogP contribution in [-0.4, -0.2) is 67.1 Å². The van der Waals surface area contributed by atoms with Crippen molar-refractivity contribution in [3.05, 3.63) is 64.1 Å². The Labute approximate surface area is 197 Å². The van der Waals surface area contributed by atoms with Gasteiger partial charge < -0.3 is 14.5 Å². The zero-order valence-electron chi connectivity index (χ0n) is 18.9. The average Bonchev–Trinajstić information content (AvgIpc) is 3.38. The van der Waals surface area contributed by atoms with E-state index in [1.54, 1.807) is 38.2 Å². The topological polar surface area (TPSA) is 93.4 Å². The minimum Gasteiger partial charge on any atom is -0.368 e. The second-order valence-electron chi connectivity index (χ2n) is 8.18. The Morgan fingerprint density at radius 2 is 2.15 bits per heavy atom. The zero-order valence-corrected chi connectivity index (χ0v) is 19.7. The lowest BCUT2D eigenvalue weighted by molar-refractivity contribution is -0.139. The molecule has 0 bridgehead atoms. The van der Waals surface area contributed by atoms with Gasteiger partial charge in [0.1, 0.15) is 0 Å². The van der Waals surface area contributed by atoms with E-state index in [2.05, 4.69) is 15.1 Å². The predicted molar refractivity (Wildman–Crippen MR) is 123 cm³/mol. The molecule has 1 aliphatic rings. The molecule has 1 aliphatic heterocycles. The summed E-state index contributed by atoms with van der Waals surface area (Å²) in [5, 5.41) is 7.08. The maximum absolute atomic E-state index is 13.1. The Hall–Kier alpha value is -3.11. The largest absolute Gasteiger partial charge is 0.368 e. The van der Waals surface area contributed by atoms with Crippen LogP contribution in [0.4, 0.5) is 0 Å². The number of ether oxygens (including phenoxy) is 1. The molecule has 2 amide bonds. The van der Waals surface area contributed by atoms with Crippen LogP contribution in [0.15, 0.2) is 42.2 Å². The summed E-state index contributed by atoms with van der Waals surface area (Å²) in [6, 6.07) is 5.66. The van der Waals surface area contributed by atoms with Crippen molar-refractivity contribution < 1.29 is 14.3 Å². The predicted octanol–water partition coefficient (Wildman–Crippen LogP) is 1.97. The van der Waals surface area contributed by atoms with E-state index in [0.29, 0.717) is 39.1 Å². The van der Waals surface area contributed by atoms with Crippen molar-refractivity contribution in [2.75, 3.05) is 19.6 Å². The molecule has 174 valence electrons. The van der Waals surface area contributed by atoms with Gasteiger partial charge in [0.05, 0.1) is 48.4 Å². The van der Waals surface area contributed by atoms with Crippen LogP contribution in [0.25, 0.3) is 0 Å². The third kappa shape index (κ3) is 6.45. The number of hydrogen-bond donors (Lipinski definition) is 0. The molecule has 3 aromatic heterocycles. The molecule has 0 N–H and O–H groups in total. The van der Waals surface area contributed by atoms with Crippen LogP contribution in [0.5, 0.6) is 0 Å². The Balaban J connectivity index is 1.44. The van der Waals surface area contributed by atoms with Crippen molar-refractivity contribution in [3.8, 4) is 0 Å². The summed E-state index contributed by atoms with van der Waals surface area (Å²) in [4.78, 5) is 38.2. The van der Waals surface area contributed by atoms with Gasteiger partial charge in [-0.05, 0) is 31.0 Å². The van der Waals surface area contributed by atoms with Gasteiger partial charge in [-0.3, -0.25) is 19.3 Å². The van der Waals surface area contributed by atoms with Gasteiger partial charge in [-0.1, -0.05) is 6.07 Å². The van der Waals surface area contributed by atoms with Gasteiger partial charge >= 0.3 is 0 Å². The van der Waals surface area contributed by atoms with Crippen LogP contribution < -0.4 is 0 Å². The third-order valence-corrected chi connectivity index (χ3v) is 6.30.